The van der Waals surface area contributed by atoms with Crippen LogP contribution in [-0.2, 0) is 0 Å². The molecule has 186 valence electrons. The third-order valence-electron chi connectivity index (χ3n) is 6.17. The molecule has 0 unspecified atom stereocenters. The summed E-state index contributed by atoms with van der Waals surface area (Å²) in [6, 6.07) is 13.5. The molecule has 3 N–H and O–H groups in total. The van der Waals surface area contributed by atoms with Gasteiger partial charge in [-0.15, -0.1) is 6.42 Å². The first-order valence-corrected chi connectivity index (χ1v) is 11.7. The number of piperidine rings is 1. The van der Waals surface area contributed by atoms with Crippen molar-refractivity contribution in [2.24, 2.45) is 0 Å². The maximum atomic E-state index is 14.6. The first-order valence-electron chi connectivity index (χ1n) is 11.7. The number of fused-ring (bicyclic) bond motifs is 1. The van der Waals surface area contributed by atoms with E-state index in [0.29, 0.717) is 47.7 Å². The van der Waals surface area contributed by atoms with Crippen LogP contribution in [0.3, 0.4) is 0 Å². The Bertz CT molecular complexity index is 1370. The van der Waals surface area contributed by atoms with Gasteiger partial charge in [0.15, 0.2) is 0 Å². The third-order valence-corrected chi connectivity index (χ3v) is 6.17. The quantitative estimate of drug-likeness (QED) is 0.463. The van der Waals surface area contributed by atoms with Crippen molar-refractivity contribution >= 4 is 28.2 Å². The van der Waals surface area contributed by atoms with Crippen LogP contribution < -0.4 is 20.7 Å². The largest absolute Gasteiger partial charge is 0.495 e. The number of rotatable bonds is 6. The fourth-order valence-corrected chi connectivity index (χ4v) is 4.24. The lowest BCUT2D eigenvalue weighted by Gasteiger charge is -2.33. The summed E-state index contributed by atoms with van der Waals surface area (Å²) in [4.78, 5) is 13.8. The predicted molar refractivity (Wildman–Crippen MR) is 140 cm³/mol. The van der Waals surface area contributed by atoms with Gasteiger partial charge < -0.3 is 25.6 Å². The van der Waals surface area contributed by atoms with Crippen LogP contribution in [0.25, 0.3) is 10.9 Å². The second-order valence-electron chi connectivity index (χ2n) is 8.56. The van der Waals surface area contributed by atoms with E-state index in [9.17, 15) is 9.18 Å². The number of hydrogen-bond acceptors (Lipinski definition) is 6. The molecule has 9 heteroatoms. The number of hydrogen-bond donors (Lipinski definition) is 3. The first kappa shape index (κ1) is 24.9. The summed E-state index contributed by atoms with van der Waals surface area (Å²) >= 11 is 0. The number of aromatic nitrogens is 2. The fraction of sp³-hybridized carbons (Fsp3) is 0.333. The number of methoxy groups -OCH3 is 1. The SMILES string of the molecule is C#Cc1c2cccc(N[C@@H]3CCN(C)C[C@@H]3F)c2nn1C#CCNc1ccc(C(=O)NC)cc1OC. The molecule has 2 atom stereocenters. The van der Waals surface area contributed by atoms with Gasteiger partial charge in [0.2, 0.25) is 0 Å². The lowest BCUT2D eigenvalue weighted by Crippen LogP contribution is -2.46. The van der Waals surface area contributed by atoms with E-state index in [1.165, 1.54) is 11.8 Å². The van der Waals surface area contributed by atoms with E-state index in [1.807, 2.05) is 30.1 Å². The molecule has 0 bridgehead atoms. The number of alkyl halides is 1. The summed E-state index contributed by atoms with van der Waals surface area (Å²) in [5, 5.41) is 14.5. The molecule has 0 saturated carbocycles. The summed E-state index contributed by atoms with van der Waals surface area (Å²) < 4.78 is 21.5. The molecule has 1 fully saturated rings. The Morgan fingerprint density at radius 1 is 1.31 bits per heavy atom. The van der Waals surface area contributed by atoms with Crippen LogP contribution in [0.5, 0.6) is 5.75 Å². The van der Waals surface area contributed by atoms with Gasteiger partial charge in [0.05, 0.1) is 31.1 Å². The van der Waals surface area contributed by atoms with Crippen molar-refractivity contribution in [2.75, 3.05) is 51.5 Å². The van der Waals surface area contributed by atoms with Gasteiger partial charge >= 0.3 is 0 Å². The summed E-state index contributed by atoms with van der Waals surface area (Å²) in [5.41, 5.74) is 3.13. The van der Waals surface area contributed by atoms with Gasteiger partial charge in [0, 0.05) is 37.1 Å². The van der Waals surface area contributed by atoms with Crippen LogP contribution in [0.1, 0.15) is 22.5 Å². The molecule has 1 saturated heterocycles. The van der Waals surface area contributed by atoms with E-state index in [2.05, 4.69) is 38.9 Å². The van der Waals surface area contributed by atoms with Crippen LogP contribution in [0.15, 0.2) is 36.4 Å². The van der Waals surface area contributed by atoms with Crippen LogP contribution in [-0.4, -0.2) is 73.6 Å². The minimum Gasteiger partial charge on any atom is -0.495 e. The van der Waals surface area contributed by atoms with Crippen LogP contribution in [0.2, 0.25) is 0 Å². The van der Waals surface area contributed by atoms with E-state index < -0.39 is 6.17 Å². The Morgan fingerprint density at radius 2 is 2.14 bits per heavy atom. The van der Waals surface area contributed by atoms with Gasteiger partial charge in [-0.2, -0.15) is 9.78 Å². The highest BCUT2D eigenvalue weighted by Crippen LogP contribution is 2.28. The molecule has 4 rings (SSSR count). The molecule has 2 heterocycles. The lowest BCUT2D eigenvalue weighted by molar-refractivity contribution is 0.0962. The third kappa shape index (κ3) is 5.22. The number of anilines is 2. The molecule has 2 aromatic carbocycles. The zero-order valence-corrected chi connectivity index (χ0v) is 20.6. The smallest absolute Gasteiger partial charge is 0.251 e. The molecular formula is C27H29FN6O2. The van der Waals surface area contributed by atoms with Gasteiger partial charge in [-0.3, -0.25) is 4.79 Å². The number of carbonyl (C=O) groups excluding carboxylic acids is 1. The van der Waals surface area contributed by atoms with Gasteiger partial charge in [-0.1, -0.05) is 12.0 Å². The molecule has 3 aromatic rings. The van der Waals surface area contributed by atoms with E-state index in [1.54, 1.807) is 25.2 Å². The van der Waals surface area contributed by atoms with Crippen molar-refractivity contribution in [1.29, 1.82) is 0 Å². The lowest BCUT2D eigenvalue weighted by atomic mass is 10.0. The normalized spacial score (nSPS) is 17.5. The number of benzene rings is 2. The highest BCUT2D eigenvalue weighted by molar-refractivity contribution is 5.95. The topological polar surface area (TPSA) is 83.5 Å². The molecule has 1 aliphatic heterocycles. The highest BCUT2D eigenvalue weighted by Gasteiger charge is 2.28. The molecule has 1 aliphatic rings. The average Bonchev–Trinajstić information content (AvgIpc) is 3.26. The predicted octanol–water partition coefficient (Wildman–Crippen LogP) is 2.76. The number of amides is 1. The number of nitrogens with one attached hydrogen (secondary N) is 3. The van der Waals surface area contributed by atoms with Crippen LogP contribution >= 0.6 is 0 Å². The Kier molecular flexibility index (Phi) is 7.62. The minimum absolute atomic E-state index is 0.195. The van der Waals surface area contributed by atoms with Crippen molar-refractivity contribution in [3.63, 3.8) is 0 Å². The summed E-state index contributed by atoms with van der Waals surface area (Å²) in [6.07, 6.45) is 5.52. The van der Waals surface area contributed by atoms with Crippen molar-refractivity contribution in [2.45, 2.75) is 18.6 Å². The van der Waals surface area contributed by atoms with Gasteiger partial charge in [0.1, 0.15) is 23.1 Å². The highest BCUT2D eigenvalue weighted by atomic mass is 19.1. The Labute approximate surface area is 210 Å². The molecule has 0 aliphatic carbocycles. The number of likely N-dealkylation sites (tertiary alicyclic amines) is 1. The van der Waals surface area contributed by atoms with E-state index in [4.69, 9.17) is 11.2 Å². The zero-order chi connectivity index (χ0) is 25.7. The molecule has 0 spiro atoms. The Morgan fingerprint density at radius 3 is 2.86 bits per heavy atom. The average molecular weight is 489 g/mol. The molecular weight excluding hydrogens is 459 g/mol. The number of terminal acetylenes is 1. The van der Waals surface area contributed by atoms with Gasteiger partial charge in [-0.05, 0) is 49.7 Å². The van der Waals surface area contributed by atoms with Gasteiger partial charge in [0.25, 0.3) is 5.91 Å². The summed E-state index contributed by atoms with van der Waals surface area (Å²) in [7, 11) is 5.04. The van der Waals surface area contributed by atoms with Gasteiger partial charge in [-0.25, -0.2) is 4.39 Å². The number of carbonyl (C=O) groups is 1. The van der Waals surface area contributed by atoms with Crippen molar-refractivity contribution in [3.05, 3.63) is 47.7 Å². The van der Waals surface area contributed by atoms with Crippen LogP contribution in [0, 0.1) is 24.3 Å². The van der Waals surface area contributed by atoms with Crippen molar-refractivity contribution in [1.82, 2.24) is 20.0 Å². The second kappa shape index (κ2) is 11.0. The monoisotopic (exact) mass is 488 g/mol. The molecule has 1 aromatic heterocycles. The second-order valence-corrected chi connectivity index (χ2v) is 8.56. The summed E-state index contributed by atoms with van der Waals surface area (Å²) in [6.45, 7) is 1.52. The van der Waals surface area contributed by atoms with Crippen molar-refractivity contribution < 1.29 is 13.9 Å². The zero-order valence-electron chi connectivity index (χ0n) is 20.6. The Balaban J connectivity index is 1.52. The molecule has 1 amide bonds. The van der Waals surface area contributed by atoms with E-state index in [-0.39, 0.29) is 11.9 Å². The number of ether oxygens (including phenoxy) is 1. The number of halogens is 1. The minimum atomic E-state index is -0.971. The van der Waals surface area contributed by atoms with E-state index >= 15 is 0 Å². The summed E-state index contributed by atoms with van der Waals surface area (Å²) in [5.74, 6) is 6.03. The molecule has 36 heavy (non-hydrogen) atoms. The molecule has 0 radical (unpaired) electrons. The van der Waals surface area contributed by atoms with Crippen molar-refractivity contribution in [3.8, 4) is 30.1 Å². The molecule has 8 nitrogen and oxygen atoms in total. The number of nitrogens with zero attached hydrogens (tertiary/aromatic N) is 3. The standard InChI is InChI=1S/C27H29FN6O2/c1-5-24-19-8-6-9-23(31-21-12-15-33(3)17-20(21)28)26(19)32-34(24)14-7-13-30-22-11-10-18(27(35)29-2)16-25(22)36-4/h1,6,8-11,16,20-21,30-31H,12-13,15,17H2,2-4H3,(H,29,35)/t20-,21+/m0/s1. The van der Waals surface area contributed by atoms with E-state index in [0.717, 1.165) is 17.6 Å². The fourth-order valence-electron chi connectivity index (χ4n) is 4.24. The Hall–Kier alpha value is -4.21. The maximum absolute atomic E-state index is 14.6. The maximum Gasteiger partial charge on any atom is 0.251 e. The van der Waals surface area contributed by atoms with Crippen LogP contribution in [0.4, 0.5) is 15.8 Å². The first-order chi connectivity index (χ1) is 17.4.